The molecule has 2 rings (SSSR count). The first-order valence-electron chi connectivity index (χ1n) is 7.32. The number of benzene rings is 2. The molecule has 0 unspecified atom stereocenters. The molecule has 0 heterocycles. The fourth-order valence-corrected chi connectivity index (χ4v) is 2.70. The van der Waals surface area contributed by atoms with Crippen molar-refractivity contribution in [1.82, 2.24) is 5.32 Å². The molecule has 0 aliphatic heterocycles. The first kappa shape index (κ1) is 18.7. The summed E-state index contributed by atoms with van der Waals surface area (Å²) in [6.45, 7) is 0.933. The van der Waals surface area contributed by atoms with Gasteiger partial charge in [0.2, 0.25) is 0 Å². The number of phenolic OH excluding ortho intramolecular Hbond substituents is 1. The molecule has 4 nitrogen and oxygen atoms in total. The van der Waals surface area contributed by atoms with E-state index in [4.69, 9.17) is 39.5 Å². The van der Waals surface area contributed by atoms with E-state index in [9.17, 15) is 9.90 Å². The summed E-state index contributed by atoms with van der Waals surface area (Å²) in [4.78, 5) is 11.9. The third-order valence-corrected chi connectivity index (χ3v) is 4.01. The first-order chi connectivity index (χ1) is 11.5. The first-order valence-corrected chi connectivity index (χ1v) is 8.45. The van der Waals surface area contributed by atoms with Crippen LogP contribution in [0.5, 0.6) is 11.5 Å². The van der Waals surface area contributed by atoms with Crippen molar-refractivity contribution in [2.24, 2.45) is 0 Å². The number of halogens is 3. The zero-order chi connectivity index (χ0) is 17.5. The maximum atomic E-state index is 11.9. The van der Waals surface area contributed by atoms with Gasteiger partial charge in [-0.15, -0.1) is 0 Å². The van der Waals surface area contributed by atoms with Gasteiger partial charge in [0, 0.05) is 29.3 Å². The van der Waals surface area contributed by atoms with Gasteiger partial charge in [0.15, 0.2) is 5.75 Å². The van der Waals surface area contributed by atoms with Gasteiger partial charge >= 0.3 is 0 Å². The second-order valence-electron chi connectivity index (χ2n) is 5.06. The smallest absolute Gasteiger partial charge is 0.251 e. The molecule has 0 radical (unpaired) electrons. The fraction of sp³-hybridized carbons (Fsp3) is 0.235. The third kappa shape index (κ3) is 5.48. The van der Waals surface area contributed by atoms with E-state index in [2.05, 4.69) is 5.32 Å². The minimum Gasteiger partial charge on any atom is -0.508 e. The summed E-state index contributed by atoms with van der Waals surface area (Å²) in [7, 11) is 0. The summed E-state index contributed by atoms with van der Waals surface area (Å²) in [6.07, 6.45) is 1.46. The van der Waals surface area contributed by atoms with Crippen molar-refractivity contribution in [3.8, 4) is 11.5 Å². The molecular weight excluding hydrogens is 373 g/mol. The molecule has 0 fully saturated rings. The van der Waals surface area contributed by atoms with E-state index in [1.54, 1.807) is 24.3 Å². The van der Waals surface area contributed by atoms with Gasteiger partial charge in [-0.25, -0.2) is 0 Å². The molecule has 0 saturated heterocycles. The van der Waals surface area contributed by atoms with Crippen LogP contribution in [0.3, 0.4) is 0 Å². The van der Waals surface area contributed by atoms with Gasteiger partial charge in [0.1, 0.15) is 5.75 Å². The minimum atomic E-state index is -0.141. The lowest BCUT2D eigenvalue weighted by Crippen LogP contribution is -2.24. The molecule has 24 heavy (non-hydrogen) atoms. The summed E-state index contributed by atoms with van der Waals surface area (Å²) >= 11 is 17.7. The normalized spacial score (nSPS) is 10.5. The molecule has 0 spiro atoms. The van der Waals surface area contributed by atoms with Crippen LogP contribution in [0.2, 0.25) is 15.1 Å². The SMILES string of the molecule is O=C(NCCCCOc1c(Cl)cc(O)cc1Cl)c1ccc(Cl)cc1. The van der Waals surface area contributed by atoms with Crippen molar-refractivity contribution >= 4 is 40.7 Å². The molecule has 128 valence electrons. The maximum Gasteiger partial charge on any atom is 0.251 e. The molecular formula is C17H16Cl3NO3. The van der Waals surface area contributed by atoms with Gasteiger partial charge in [-0.2, -0.15) is 0 Å². The molecule has 0 saturated carbocycles. The number of carbonyl (C=O) groups is 1. The van der Waals surface area contributed by atoms with Crippen LogP contribution in [-0.2, 0) is 0 Å². The van der Waals surface area contributed by atoms with Crippen LogP contribution in [-0.4, -0.2) is 24.2 Å². The zero-order valence-corrected chi connectivity index (χ0v) is 15.0. The molecule has 0 aliphatic rings. The van der Waals surface area contributed by atoms with Crippen molar-refractivity contribution in [2.45, 2.75) is 12.8 Å². The Balaban J connectivity index is 1.68. The van der Waals surface area contributed by atoms with Gasteiger partial charge in [0.25, 0.3) is 5.91 Å². The molecule has 0 bridgehead atoms. The zero-order valence-electron chi connectivity index (χ0n) is 12.7. The monoisotopic (exact) mass is 387 g/mol. The summed E-state index contributed by atoms with van der Waals surface area (Å²) in [5.74, 6) is 0.195. The Labute approximate surface area is 155 Å². The average molecular weight is 389 g/mol. The lowest BCUT2D eigenvalue weighted by atomic mass is 10.2. The summed E-state index contributed by atoms with van der Waals surface area (Å²) < 4.78 is 5.53. The summed E-state index contributed by atoms with van der Waals surface area (Å²) in [5.41, 5.74) is 0.568. The second kappa shape index (κ2) is 9.02. The van der Waals surface area contributed by atoms with Crippen LogP contribution in [0.25, 0.3) is 0 Å². The molecule has 2 aromatic rings. The predicted octanol–water partition coefficient (Wildman–Crippen LogP) is 4.94. The van der Waals surface area contributed by atoms with Gasteiger partial charge in [0.05, 0.1) is 16.7 Å². The maximum absolute atomic E-state index is 11.9. The number of rotatable bonds is 7. The topological polar surface area (TPSA) is 58.6 Å². The van der Waals surface area contributed by atoms with E-state index in [0.29, 0.717) is 35.9 Å². The van der Waals surface area contributed by atoms with Crippen LogP contribution in [0.15, 0.2) is 36.4 Å². The Morgan fingerprint density at radius 3 is 2.29 bits per heavy atom. The Morgan fingerprint density at radius 2 is 1.67 bits per heavy atom. The number of carbonyl (C=O) groups excluding carboxylic acids is 1. The molecule has 0 aliphatic carbocycles. The largest absolute Gasteiger partial charge is 0.508 e. The highest BCUT2D eigenvalue weighted by atomic mass is 35.5. The number of amides is 1. The van der Waals surface area contributed by atoms with Gasteiger partial charge in [-0.1, -0.05) is 34.8 Å². The highest BCUT2D eigenvalue weighted by Gasteiger charge is 2.09. The quantitative estimate of drug-likeness (QED) is 0.660. The van der Waals surface area contributed by atoms with Crippen molar-refractivity contribution in [2.75, 3.05) is 13.2 Å². The van der Waals surface area contributed by atoms with Crippen molar-refractivity contribution in [1.29, 1.82) is 0 Å². The lowest BCUT2D eigenvalue weighted by Gasteiger charge is -2.10. The Bertz CT molecular complexity index is 682. The molecule has 0 atom stereocenters. The number of aromatic hydroxyl groups is 1. The number of hydrogen-bond acceptors (Lipinski definition) is 3. The average Bonchev–Trinajstić information content (AvgIpc) is 2.53. The second-order valence-corrected chi connectivity index (χ2v) is 6.31. The highest BCUT2D eigenvalue weighted by molar-refractivity contribution is 6.37. The van der Waals surface area contributed by atoms with E-state index in [0.717, 1.165) is 6.42 Å². The minimum absolute atomic E-state index is 0.0118. The third-order valence-electron chi connectivity index (χ3n) is 3.19. The standard InChI is InChI=1S/C17H16Cl3NO3/c18-12-5-3-11(4-6-12)17(23)21-7-1-2-8-24-16-14(19)9-13(22)10-15(16)20/h3-6,9-10,22H,1-2,7-8H2,(H,21,23). The molecule has 2 aromatic carbocycles. The van der Waals surface area contributed by atoms with Crippen LogP contribution < -0.4 is 10.1 Å². The molecule has 2 N–H and O–H groups in total. The number of ether oxygens (including phenoxy) is 1. The van der Waals surface area contributed by atoms with Crippen LogP contribution in [0, 0.1) is 0 Å². The molecule has 7 heteroatoms. The number of phenols is 1. The molecule has 1 amide bonds. The van der Waals surface area contributed by atoms with E-state index in [1.165, 1.54) is 12.1 Å². The Kier molecular flexibility index (Phi) is 7.03. The Hall–Kier alpha value is -1.62. The van der Waals surface area contributed by atoms with E-state index in [1.807, 2.05) is 0 Å². The fourth-order valence-electron chi connectivity index (χ4n) is 1.99. The highest BCUT2D eigenvalue weighted by Crippen LogP contribution is 2.36. The number of hydrogen-bond donors (Lipinski definition) is 2. The van der Waals surface area contributed by atoms with Crippen molar-refractivity contribution in [3.05, 3.63) is 57.0 Å². The van der Waals surface area contributed by atoms with E-state index < -0.39 is 0 Å². The van der Waals surface area contributed by atoms with Gasteiger partial charge < -0.3 is 15.2 Å². The van der Waals surface area contributed by atoms with Gasteiger partial charge in [-0.3, -0.25) is 4.79 Å². The molecule has 0 aromatic heterocycles. The van der Waals surface area contributed by atoms with Crippen LogP contribution in [0.4, 0.5) is 0 Å². The van der Waals surface area contributed by atoms with Crippen molar-refractivity contribution in [3.63, 3.8) is 0 Å². The number of nitrogens with one attached hydrogen (secondary N) is 1. The lowest BCUT2D eigenvalue weighted by molar-refractivity contribution is 0.0952. The van der Waals surface area contributed by atoms with E-state index in [-0.39, 0.29) is 21.7 Å². The number of unbranched alkanes of at least 4 members (excludes halogenated alkanes) is 1. The van der Waals surface area contributed by atoms with E-state index >= 15 is 0 Å². The van der Waals surface area contributed by atoms with Gasteiger partial charge in [-0.05, 0) is 37.1 Å². The summed E-state index contributed by atoms with van der Waals surface area (Å²) in [5, 5.41) is 13.3. The van der Waals surface area contributed by atoms with Crippen LogP contribution in [0.1, 0.15) is 23.2 Å². The van der Waals surface area contributed by atoms with Crippen molar-refractivity contribution < 1.29 is 14.6 Å². The summed E-state index contributed by atoms with van der Waals surface area (Å²) in [6, 6.07) is 9.44. The Morgan fingerprint density at radius 1 is 1.04 bits per heavy atom. The van der Waals surface area contributed by atoms with Crippen LogP contribution >= 0.6 is 34.8 Å². The predicted molar refractivity (Wildman–Crippen MR) is 96.6 cm³/mol.